The summed E-state index contributed by atoms with van der Waals surface area (Å²) in [6.07, 6.45) is 4.51. The standard InChI is InChI=1S/C39H54N6O5/c1-39(2,3)44-38(49)33-21-27-15-8-9-16-28(27)23-45(33)24-34(50-4)31(20-25-12-6-5-7-13-25)42-37(48)32(22-35(40)46)43-36(47)30-19-18-26-14-10-11-17-29(26)41-30/h5-7,10-14,17-19,27-28,31-34,38,44,49H,8-9,15-16,20-24H2,1-4H3,(H2,40,46)(H,42,48)(H,43,47)/t27-,28+,31-,32-,33-,34+,38?/m0/s1. The van der Waals surface area contributed by atoms with Gasteiger partial charge in [-0.25, -0.2) is 4.98 Å². The Hall–Kier alpha value is -3.90. The summed E-state index contributed by atoms with van der Waals surface area (Å²) in [6, 6.07) is 18.7. The number of aromatic nitrogens is 1. The third-order valence-corrected chi connectivity index (χ3v) is 10.1. The van der Waals surface area contributed by atoms with Crippen molar-refractivity contribution in [3.05, 3.63) is 78.0 Å². The lowest BCUT2D eigenvalue weighted by Crippen LogP contribution is -2.62. The van der Waals surface area contributed by atoms with Crippen molar-refractivity contribution < 1.29 is 24.2 Å². The number of para-hydroxylation sites is 1. The van der Waals surface area contributed by atoms with Gasteiger partial charge in [0.25, 0.3) is 5.91 Å². The molecule has 1 aromatic heterocycles. The van der Waals surface area contributed by atoms with Gasteiger partial charge in [-0.05, 0) is 69.6 Å². The minimum atomic E-state index is -1.23. The second-order valence-electron chi connectivity index (χ2n) is 15.1. The molecule has 3 aromatic rings. The topological polar surface area (TPSA) is 159 Å². The smallest absolute Gasteiger partial charge is 0.270 e. The first-order valence-corrected chi connectivity index (χ1v) is 17.9. The first-order valence-electron chi connectivity index (χ1n) is 17.9. The van der Waals surface area contributed by atoms with Gasteiger partial charge in [-0.15, -0.1) is 0 Å². The molecule has 11 heteroatoms. The molecule has 6 N–H and O–H groups in total. The van der Waals surface area contributed by atoms with E-state index < -0.39 is 42.1 Å². The molecule has 1 unspecified atom stereocenters. The van der Waals surface area contributed by atoms with E-state index >= 15 is 0 Å². The van der Waals surface area contributed by atoms with Crippen molar-refractivity contribution >= 4 is 28.6 Å². The van der Waals surface area contributed by atoms with Gasteiger partial charge in [0.2, 0.25) is 11.8 Å². The van der Waals surface area contributed by atoms with Gasteiger partial charge in [0.1, 0.15) is 18.0 Å². The second-order valence-corrected chi connectivity index (χ2v) is 15.1. The molecule has 50 heavy (non-hydrogen) atoms. The Labute approximate surface area is 295 Å². The summed E-state index contributed by atoms with van der Waals surface area (Å²) in [5.74, 6) is -0.743. The fraction of sp³-hybridized carbons (Fsp3) is 0.538. The van der Waals surface area contributed by atoms with Crippen LogP contribution in [0.25, 0.3) is 10.9 Å². The summed E-state index contributed by atoms with van der Waals surface area (Å²) >= 11 is 0. The summed E-state index contributed by atoms with van der Waals surface area (Å²) in [7, 11) is 1.63. The normalized spacial score (nSPS) is 22.1. The van der Waals surface area contributed by atoms with Crippen LogP contribution in [0.5, 0.6) is 0 Å². The molecule has 1 saturated heterocycles. The molecule has 1 aliphatic carbocycles. The number of benzene rings is 2. The van der Waals surface area contributed by atoms with Crippen molar-refractivity contribution in [2.45, 2.75) is 102 Å². The zero-order valence-electron chi connectivity index (χ0n) is 29.8. The van der Waals surface area contributed by atoms with Crippen LogP contribution in [0.4, 0.5) is 0 Å². The van der Waals surface area contributed by atoms with Crippen molar-refractivity contribution in [2.75, 3.05) is 20.2 Å². The Bertz CT molecular complexity index is 1600. The number of amides is 3. The predicted octanol–water partition coefficient (Wildman–Crippen LogP) is 3.54. The number of likely N-dealkylation sites (tertiary alicyclic amines) is 1. The molecule has 1 aliphatic heterocycles. The van der Waals surface area contributed by atoms with E-state index in [0.29, 0.717) is 30.3 Å². The fourth-order valence-electron chi connectivity index (χ4n) is 7.67. The Kier molecular flexibility index (Phi) is 12.6. The minimum absolute atomic E-state index is 0.126. The molecule has 2 aliphatic rings. The van der Waals surface area contributed by atoms with E-state index in [2.05, 4.69) is 25.8 Å². The second kappa shape index (κ2) is 16.9. The van der Waals surface area contributed by atoms with Crippen LogP contribution in [0.1, 0.15) is 75.3 Å². The van der Waals surface area contributed by atoms with E-state index in [1.807, 2.05) is 69.3 Å². The predicted molar refractivity (Wildman–Crippen MR) is 194 cm³/mol. The van der Waals surface area contributed by atoms with Gasteiger partial charge < -0.3 is 26.2 Å². The number of piperidine rings is 1. The largest absolute Gasteiger partial charge is 0.378 e. The van der Waals surface area contributed by atoms with Crippen LogP contribution in [0, 0.1) is 11.8 Å². The van der Waals surface area contributed by atoms with Crippen molar-refractivity contribution in [2.24, 2.45) is 17.6 Å². The molecular formula is C39H54N6O5. The van der Waals surface area contributed by atoms with Gasteiger partial charge >= 0.3 is 0 Å². The highest BCUT2D eigenvalue weighted by Crippen LogP contribution is 2.39. The number of carbonyl (C=O) groups excluding carboxylic acids is 3. The van der Waals surface area contributed by atoms with Gasteiger partial charge in [0.05, 0.1) is 24.1 Å². The number of rotatable bonds is 14. The number of nitrogens with one attached hydrogen (secondary N) is 3. The fourth-order valence-corrected chi connectivity index (χ4v) is 7.67. The zero-order chi connectivity index (χ0) is 35.8. The zero-order valence-corrected chi connectivity index (χ0v) is 29.8. The van der Waals surface area contributed by atoms with Crippen molar-refractivity contribution in [1.82, 2.24) is 25.8 Å². The Morgan fingerprint density at radius 1 is 0.980 bits per heavy atom. The number of hydrogen-bond donors (Lipinski definition) is 5. The van der Waals surface area contributed by atoms with E-state index in [-0.39, 0.29) is 23.7 Å². The van der Waals surface area contributed by atoms with E-state index in [9.17, 15) is 19.5 Å². The highest BCUT2D eigenvalue weighted by Gasteiger charge is 2.42. The summed E-state index contributed by atoms with van der Waals surface area (Å²) in [6.45, 7) is 7.46. The average molecular weight is 687 g/mol. The number of nitrogens with two attached hydrogens (primary N) is 1. The van der Waals surface area contributed by atoms with Crippen LogP contribution >= 0.6 is 0 Å². The van der Waals surface area contributed by atoms with Crippen LogP contribution in [0.2, 0.25) is 0 Å². The lowest BCUT2D eigenvalue weighted by atomic mass is 9.72. The van der Waals surface area contributed by atoms with Crippen LogP contribution < -0.4 is 21.7 Å². The molecule has 11 nitrogen and oxygen atoms in total. The Balaban J connectivity index is 1.38. The Morgan fingerprint density at radius 2 is 1.68 bits per heavy atom. The molecule has 1 saturated carbocycles. The molecule has 0 spiro atoms. The Morgan fingerprint density at radius 3 is 2.38 bits per heavy atom. The molecule has 2 aromatic carbocycles. The quantitative estimate of drug-likeness (QED) is 0.161. The van der Waals surface area contributed by atoms with Crippen molar-refractivity contribution in [3.8, 4) is 0 Å². The first-order chi connectivity index (χ1) is 23.9. The number of ether oxygens (including phenoxy) is 1. The summed E-state index contributed by atoms with van der Waals surface area (Å²) in [5, 5.41) is 21.6. The molecular weight excluding hydrogens is 632 g/mol. The van der Waals surface area contributed by atoms with Crippen LogP contribution in [0.15, 0.2) is 66.7 Å². The van der Waals surface area contributed by atoms with Gasteiger partial charge in [-0.2, -0.15) is 0 Å². The van der Waals surface area contributed by atoms with Crippen LogP contribution in [-0.4, -0.2) is 88.9 Å². The number of aliphatic hydroxyl groups excluding tert-OH is 1. The first kappa shape index (κ1) is 37.4. The number of primary amides is 1. The average Bonchev–Trinajstić information content (AvgIpc) is 3.08. The number of aliphatic hydroxyl groups is 1. The summed E-state index contributed by atoms with van der Waals surface area (Å²) < 4.78 is 6.16. The van der Waals surface area contributed by atoms with Crippen molar-refractivity contribution in [1.29, 1.82) is 0 Å². The van der Waals surface area contributed by atoms with Crippen molar-refractivity contribution in [3.63, 3.8) is 0 Å². The summed E-state index contributed by atoms with van der Waals surface area (Å²) in [4.78, 5) is 46.3. The third-order valence-electron chi connectivity index (χ3n) is 10.1. The molecule has 0 bridgehead atoms. The van der Waals surface area contributed by atoms with Crippen LogP contribution in [0.3, 0.4) is 0 Å². The number of hydrogen-bond acceptors (Lipinski definition) is 8. The highest BCUT2D eigenvalue weighted by atomic mass is 16.5. The molecule has 0 radical (unpaired) electrons. The lowest BCUT2D eigenvalue weighted by molar-refractivity contribution is -0.128. The molecule has 3 amide bonds. The maximum Gasteiger partial charge on any atom is 0.270 e. The van der Waals surface area contributed by atoms with Gasteiger partial charge in [0, 0.05) is 37.2 Å². The monoisotopic (exact) mass is 686 g/mol. The van der Waals surface area contributed by atoms with E-state index in [1.165, 1.54) is 25.7 Å². The number of carbonyl (C=O) groups is 3. The number of fused-ring (bicyclic) bond motifs is 2. The molecule has 2 fully saturated rings. The maximum absolute atomic E-state index is 14.0. The molecule has 5 rings (SSSR count). The number of pyridine rings is 1. The molecule has 270 valence electrons. The molecule has 2 heterocycles. The van der Waals surface area contributed by atoms with E-state index in [4.69, 9.17) is 10.5 Å². The summed E-state index contributed by atoms with van der Waals surface area (Å²) in [5.41, 5.74) is 7.06. The van der Waals surface area contributed by atoms with Gasteiger partial charge in [0.15, 0.2) is 0 Å². The van der Waals surface area contributed by atoms with Crippen LogP contribution in [-0.2, 0) is 20.7 Å². The van der Waals surface area contributed by atoms with Gasteiger partial charge in [-0.3, -0.25) is 24.6 Å². The SMILES string of the molecule is CO[C@H](CN1C[C@H]2CCCC[C@H]2C[C@H]1C(O)NC(C)(C)C)[C@H](Cc1ccccc1)NC(=O)[C@H](CC(N)=O)NC(=O)c1ccc2ccccc2n1. The maximum atomic E-state index is 14.0. The highest BCUT2D eigenvalue weighted by molar-refractivity contribution is 5.99. The molecule has 7 atom stereocenters. The van der Waals surface area contributed by atoms with E-state index in [0.717, 1.165) is 23.9 Å². The lowest BCUT2D eigenvalue weighted by Gasteiger charge is -2.49. The number of nitrogens with zero attached hydrogens (tertiary/aromatic N) is 2. The minimum Gasteiger partial charge on any atom is -0.378 e. The third kappa shape index (κ3) is 10.1. The van der Waals surface area contributed by atoms with Gasteiger partial charge in [-0.1, -0.05) is 73.9 Å². The van der Waals surface area contributed by atoms with E-state index in [1.54, 1.807) is 25.3 Å². The number of methoxy groups -OCH3 is 1.